The molecule has 0 amide bonds. The van der Waals surface area contributed by atoms with Gasteiger partial charge < -0.3 is 0 Å². The van der Waals surface area contributed by atoms with Crippen LogP contribution in [0.3, 0.4) is 0 Å². The summed E-state index contributed by atoms with van der Waals surface area (Å²) < 4.78 is 0.737. The predicted octanol–water partition coefficient (Wildman–Crippen LogP) is 4.91. The number of benzene rings is 1. The van der Waals surface area contributed by atoms with E-state index < -0.39 is 0 Å². The van der Waals surface area contributed by atoms with E-state index in [-0.39, 0.29) is 0 Å². The lowest BCUT2D eigenvalue weighted by molar-refractivity contribution is 1.06. The quantitative estimate of drug-likeness (QED) is 0.356. The summed E-state index contributed by atoms with van der Waals surface area (Å²) in [5.74, 6) is 1.20. The van der Waals surface area contributed by atoms with E-state index in [0.29, 0.717) is 26.2 Å². The van der Waals surface area contributed by atoms with Crippen LogP contribution in [-0.2, 0) is 0 Å². The molecule has 0 spiro atoms. The monoisotopic (exact) mass is 415 g/mol. The van der Waals surface area contributed by atoms with Gasteiger partial charge in [0.1, 0.15) is 0 Å². The molecule has 0 aliphatic rings. The molecule has 1 aromatic carbocycles. The zero-order valence-corrected chi connectivity index (χ0v) is 16.7. The average molecular weight is 416 g/mol. The Kier molecular flexibility index (Phi) is 4.50. The van der Waals surface area contributed by atoms with Crippen LogP contribution in [0.2, 0.25) is 5.02 Å². The number of halogens is 1. The lowest BCUT2D eigenvalue weighted by Crippen LogP contribution is -2.02. The van der Waals surface area contributed by atoms with Crippen molar-refractivity contribution in [2.75, 3.05) is 0 Å². The van der Waals surface area contributed by atoms with E-state index in [0.717, 1.165) is 33.6 Å². The summed E-state index contributed by atoms with van der Waals surface area (Å²) in [7, 11) is 0. The molecule has 0 saturated heterocycles. The van der Waals surface area contributed by atoms with Crippen molar-refractivity contribution in [1.82, 2.24) is 35.3 Å². The Balaban J connectivity index is 2.14. The number of H-pyrrole nitrogens is 4. The predicted molar refractivity (Wildman–Crippen MR) is 110 cm³/mol. The molecule has 0 aliphatic carbocycles. The summed E-state index contributed by atoms with van der Waals surface area (Å²) in [6.07, 6.45) is 0. The summed E-state index contributed by atoms with van der Waals surface area (Å²) in [5.41, 5.74) is 5.14. The maximum Gasteiger partial charge on any atom is 0.213 e. The van der Waals surface area contributed by atoms with Crippen LogP contribution in [0.25, 0.3) is 33.9 Å². The summed E-state index contributed by atoms with van der Waals surface area (Å²) in [4.78, 5) is 13.5. The minimum absolute atomic E-state index is 0.368. The van der Waals surface area contributed by atoms with Gasteiger partial charge in [0.15, 0.2) is 11.6 Å². The second-order valence-corrected chi connectivity index (χ2v) is 7.16. The first-order valence-corrected chi connectivity index (χ1v) is 9.20. The average Bonchev–Trinajstić information content (AvgIpc) is 3.23. The number of aromatic amines is 4. The van der Waals surface area contributed by atoms with Gasteiger partial charge in [0.2, 0.25) is 9.54 Å². The highest BCUT2D eigenvalue weighted by atomic mass is 35.5. The van der Waals surface area contributed by atoms with E-state index in [1.807, 2.05) is 38.1 Å². The molecule has 7 nitrogen and oxygen atoms in total. The molecule has 3 aromatic heterocycles. The minimum atomic E-state index is 0.368. The molecular weight excluding hydrogens is 402 g/mol. The Bertz CT molecular complexity index is 1180. The van der Waals surface area contributed by atoms with E-state index >= 15 is 0 Å². The Morgan fingerprint density at radius 2 is 1.19 bits per heavy atom. The van der Waals surface area contributed by atoms with Crippen LogP contribution < -0.4 is 0 Å². The van der Waals surface area contributed by atoms with E-state index in [1.165, 1.54) is 0 Å². The first kappa shape index (κ1) is 17.8. The third-order valence-corrected chi connectivity index (χ3v) is 4.81. The maximum atomic E-state index is 6.09. The van der Waals surface area contributed by atoms with Crippen LogP contribution in [0.15, 0.2) is 24.3 Å². The smallest absolute Gasteiger partial charge is 0.213 e. The van der Waals surface area contributed by atoms with Gasteiger partial charge in [-0.1, -0.05) is 23.7 Å². The lowest BCUT2D eigenvalue weighted by atomic mass is 9.92. The number of hydrogen-bond donors (Lipinski definition) is 4. The van der Waals surface area contributed by atoms with Gasteiger partial charge in [-0.3, -0.25) is 25.4 Å². The Labute approximate surface area is 169 Å². The Hall–Kier alpha value is -2.62. The van der Waals surface area contributed by atoms with Crippen molar-refractivity contribution < 1.29 is 0 Å². The first-order chi connectivity index (χ1) is 12.9. The molecular formula is C17H14ClN7S2. The van der Waals surface area contributed by atoms with Crippen LogP contribution in [0.4, 0.5) is 0 Å². The molecule has 3 heterocycles. The van der Waals surface area contributed by atoms with Crippen LogP contribution >= 0.6 is 36.0 Å². The second kappa shape index (κ2) is 6.84. The number of pyridine rings is 1. The standard InChI is InChI=1S/C17H14ClN7S2/c1-7-11(14-20-16(26)24-22-14)13(9-3-5-10(18)6-4-9)12(8(2)19-7)15-21-17(27)25-23-15/h3-6H,1-2H3,(H2,20,22,24,26)(H2,21,23,25,27). The van der Waals surface area contributed by atoms with Gasteiger partial charge in [0.05, 0.1) is 0 Å². The van der Waals surface area contributed by atoms with Crippen LogP contribution in [0.5, 0.6) is 0 Å². The molecule has 0 fully saturated rings. The summed E-state index contributed by atoms with van der Waals surface area (Å²) in [6.45, 7) is 3.87. The highest BCUT2D eigenvalue weighted by Gasteiger charge is 2.23. The fourth-order valence-corrected chi connectivity index (χ4v) is 3.52. The molecule has 4 aromatic rings. The van der Waals surface area contributed by atoms with Crippen molar-refractivity contribution in [3.05, 3.63) is 50.2 Å². The first-order valence-electron chi connectivity index (χ1n) is 8.01. The number of aromatic nitrogens is 7. The van der Waals surface area contributed by atoms with Gasteiger partial charge in [-0.15, -0.1) is 0 Å². The fraction of sp³-hybridized carbons (Fsp3) is 0.118. The topological polar surface area (TPSA) is 102 Å². The molecule has 0 bridgehead atoms. The zero-order chi connectivity index (χ0) is 19.1. The van der Waals surface area contributed by atoms with Gasteiger partial charge in [-0.25, -0.2) is 0 Å². The Morgan fingerprint density at radius 3 is 1.59 bits per heavy atom. The van der Waals surface area contributed by atoms with Crippen molar-refractivity contribution >= 4 is 36.0 Å². The van der Waals surface area contributed by atoms with Gasteiger partial charge in [0.25, 0.3) is 0 Å². The molecule has 136 valence electrons. The van der Waals surface area contributed by atoms with Crippen LogP contribution in [0.1, 0.15) is 11.4 Å². The van der Waals surface area contributed by atoms with E-state index in [2.05, 4.69) is 30.4 Å². The summed E-state index contributed by atoms with van der Waals surface area (Å²) >= 11 is 16.4. The lowest BCUT2D eigenvalue weighted by Gasteiger charge is -2.17. The van der Waals surface area contributed by atoms with Crippen LogP contribution in [-0.4, -0.2) is 35.3 Å². The SMILES string of the molecule is Cc1nc(C)c(-c2nc(=S)[nH][nH]2)c(-c2ccc(Cl)cc2)c1-c1nc(=S)[nH][nH]1. The molecule has 4 rings (SSSR count). The van der Waals surface area contributed by atoms with Crippen molar-refractivity contribution in [2.45, 2.75) is 13.8 Å². The zero-order valence-electron chi connectivity index (χ0n) is 14.3. The van der Waals surface area contributed by atoms with E-state index in [1.54, 1.807) is 0 Å². The van der Waals surface area contributed by atoms with Gasteiger partial charge in [-0.05, 0) is 56.0 Å². The minimum Gasteiger partial charge on any atom is -0.282 e. The highest BCUT2D eigenvalue weighted by molar-refractivity contribution is 7.71. The Morgan fingerprint density at radius 1 is 0.704 bits per heavy atom. The number of aryl methyl sites for hydroxylation is 2. The molecule has 0 saturated carbocycles. The summed E-state index contributed by atoms with van der Waals surface area (Å²) in [6, 6.07) is 7.59. The van der Waals surface area contributed by atoms with E-state index in [9.17, 15) is 0 Å². The molecule has 0 unspecified atom stereocenters. The highest BCUT2D eigenvalue weighted by Crippen LogP contribution is 2.40. The molecule has 27 heavy (non-hydrogen) atoms. The number of rotatable bonds is 3. The van der Waals surface area contributed by atoms with Crippen molar-refractivity contribution in [2.24, 2.45) is 0 Å². The number of nitrogens with one attached hydrogen (secondary N) is 4. The van der Waals surface area contributed by atoms with Gasteiger partial charge in [-0.2, -0.15) is 9.97 Å². The largest absolute Gasteiger partial charge is 0.282 e. The number of hydrogen-bond acceptors (Lipinski definition) is 5. The number of nitrogens with zero attached hydrogens (tertiary/aromatic N) is 3. The molecule has 4 N–H and O–H groups in total. The third kappa shape index (κ3) is 3.25. The molecule has 10 heteroatoms. The second-order valence-electron chi connectivity index (χ2n) is 5.95. The van der Waals surface area contributed by atoms with Crippen LogP contribution in [0, 0.1) is 23.4 Å². The molecule has 0 atom stereocenters. The van der Waals surface area contributed by atoms with Gasteiger partial charge in [0, 0.05) is 33.1 Å². The van der Waals surface area contributed by atoms with Crippen molar-refractivity contribution in [3.63, 3.8) is 0 Å². The van der Waals surface area contributed by atoms with E-state index in [4.69, 9.17) is 41.0 Å². The van der Waals surface area contributed by atoms with Gasteiger partial charge >= 0.3 is 0 Å². The van der Waals surface area contributed by atoms with Crippen molar-refractivity contribution in [3.8, 4) is 33.9 Å². The summed E-state index contributed by atoms with van der Waals surface area (Å²) in [5, 5.41) is 12.4. The normalized spacial score (nSPS) is 11.1. The molecule has 0 aliphatic heterocycles. The fourth-order valence-electron chi connectivity index (χ4n) is 3.11. The maximum absolute atomic E-state index is 6.09. The van der Waals surface area contributed by atoms with Crippen molar-refractivity contribution in [1.29, 1.82) is 0 Å². The third-order valence-electron chi connectivity index (χ3n) is 4.17. The molecule has 0 radical (unpaired) electrons.